The Kier molecular flexibility index (Phi) is 4.10. The van der Waals surface area contributed by atoms with Crippen LogP contribution < -0.4 is 0 Å². The van der Waals surface area contributed by atoms with Crippen LogP contribution in [-0.4, -0.2) is 41.6 Å². The molecular formula is C21H27NO4. The number of carbonyl (C=O) groups is 2. The number of hydrogen-bond donors (Lipinski definition) is 1. The molecule has 4 saturated carbocycles. The summed E-state index contributed by atoms with van der Waals surface area (Å²) in [6.45, 7) is 0. The van der Waals surface area contributed by atoms with E-state index in [1.165, 1.54) is 4.90 Å². The van der Waals surface area contributed by atoms with Crippen molar-refractivity contribution in [2.45, 2.75) is 50.2 Å². The third kappa shape index (κ3) is 2.92. The van der Waals surface area contributed by atoms with Gasteiger partial charge in [0.25, 0.3) is 5.91 Å². The molecule has 140 valence electrons. The van der Waals surface area contributed by atoms with Gasteiger partial charge in [0, 0.05) is 19.7 Å². The highest BCUT2D eigenvalue weighted by molar-refractivity contribution is 5.86. The van der Waals surface area contributed by atoms with Gasteiger partial charge in [0.05, 0.1) is 11.0 Å². The zero-order valence-corrected chi connectivity index (χ0v) is 15.5. The largest absolute Gasteiger partial charge is 0.447 e. The predicted molar refractivity (Wildman–Crippen MR) is 96.0 cm³/mol. The average molecular weight is 357 g/mol. The zero-order chi connectivity index (χ0) is 18.5. The van der Waals surface area contributed by atoms with Crippen molar-refractivity contribution in [1.82, 2.24) is 4.90 Å². The summed E-state index contributed by atoms with van der Waals surface area (Å²) < 4.78 is 5.85. The summed E-state index contributed by atoms with van der Waals surface area (Å²) in [6, 6.07) is 9.18. The number of aliphatic hydroxyl groups is 1. The Morgan fingerprint density at radius 2 is 1.73 bits per heavy atom. The van der Waals surface area contributed by atoms with E-state index in [9.17, 15) is 14.7 Å². The predicted octanol–water partition coefficient (Wildman–Crippen LogP) is 2.69. The maximum Gasteiger partial charge on any atom is 0.313 e. The minimum absolute atomic E-state index is 0.243. The Balaban J connectivity index is 1.60. The number of amides is 1. The molecule has 0 aliphatic heterocycles. The minimum atomic E-state index is -0.929. The van der Waals surface area contributed by atoms with E-state index in [2.05, 4.69) is 0 Å². The second-order valence-corrected chi connectivity index (χ2v) is 8.89. The molecule has 5 rings (SSSR count). The van der Waals surface area contributed by atoms with Gasteiger partial charge in [0.15, 0.2) is 0 Å². The highest BCUT2D eigenvalue weighted by Gasteiger charge is 2.61. The maximum atomic E-state index is 13.2. The van der Waals surface area contributed by atoms with Crippen LogP contribution in [-0.2, 0) is 14.3 Å². The van der Waals surface area contributed by atoms with Gasteiger partial charge < -0.3 is 14.7 Å². The van der Waals surface area contributed by atoms with E-state index in [0.717, 1.165) is 32.1 Å². The van der Waals surface area contributed by atoms with Gasteiger partial charge in [0.2, 0.25) is 6.10 Å². The van der Waals surface area contributed by atoms with Crippen LogP contribution in [0.4, 0.5) is 0 Å². The molecule has 5 heteroatoms. The molecule has 2 unspecified atom stereocenters. The fraction of sp³-hybridized carbons (Fsp3) is 0.619. The van der Waals surface area contributed by atoms with Crippen molar-refractivity contribution in [1.29, 1.82) is 0 Å². The van der Waals surface area contributed by atoms with Gasteiger partial charge in [0.1, 0.15) is 0 Å². The molecule has 1 N–H and O–H groups in total. The number of carbonyl (C=O) groups excluding carboxylic acids is 2. The average Bonchev–Trinajstić information content (AvgIpc) is 2.57. The molecule has 4 aliphatic rings. The van der Waals surface area contributed by atoms with Gasteiger partial charge in [-0.3, -0.25) is 9.59 Å². The van der Waals surface area contributed by atoms with Gasteiger partial charge in [-0.1, -0.05) is 30.3 Å². The highest BCUT2D eigenvalue weighted by atomic mass is 16.5. The highest BCUT2D eigenvalue weighted by Crippen LogP contribution is 2.62. The van der Waals surface area contributed by atoms with Gasteiger partial charge in [-0.05, 0) is 50.4 Å². The molecular weight excluding hydrogens is 330 g/mol. The molecule has 26 heavy (non-hydrogen) atoms. The molecule has 5 nitrogen and oxygen atoms in total. The van der Waals surface area contributed by atoms with E-state index in [4.69, 9.17) is 4.74 Å². The van der Waals surface area contributed by atoms with E-state index < -0.39 is 17.1 Å². The van der Waals surface area contributed by atoms with Crippen molar-refractivity contribution in [2.24, 2.45) is 17.3 Å². The second-order valence-electron chi connectivity index (χ2n) is 8.89. The number of ether oxygens (including phenoxy) is 1. The van der Waals surface area contributed by atoms with Crippen LogP contribution in [0.3, 0.4) is 0 Å². The van der Waals surface area contributed by atoms with Crippen molar-refractivity contribution >= 4 is 11.9 Å². The van der Waals surface area contributed by atoms with Crippen LogP contribution in [0.25, 0.3) is 0 Å². The summed E-state index contributed by atoms with van der Waals surface area (Å²) >= 11 is 0. The Morgan fingerprint density at radius 3 is 2.27 bits per heavy atom. The third-order valence-corrected chi connectivity index (χ3v) is 6.46. The van der Waals surface area contributed by atoms with E-state index >= 15 is 0 Å². The van der Waals surface area contributed by atoms with Crippen LogP contribution >= 0.6 is 0 Å². The van der Waals surface area contributed by atoms with Gasteiger partial charge >= 0.3 is 5.97 Å². The monoisotopic (exact) mass is 357 g/mol. The second kappa shape index (κ2) is 6.08. The molecule has 0 heterocycles. The summed E-state index contributed by atoms with van der Waals surface area (Å²) in [7, 11) is 3.33. The lowest BCUT2D eigenvalue weighted by molar-refractivity contribution is -0.201. The van der Waals surface area contributed by atoms with E-state index in [1.807, 2.05) is 30.3 Å². The fourth-order valence-corrected chi connectivity index (χ4v) is 5.81. The number of rotatable bonds is 4. The van der Waals surface area contributed by atoms with Crippen LogP contribution in [0, 0.1) is 17.3 Å². The van der Waals surface area contributed by atoms with Crippen LogP contribution in [0.1, 0.15) is 50.2 Å². The van der Waals surface area contributed by atoms with Crippen molar-refractivity contribution in [2.75, 3.05) is 14.1 Å². The van der Waals surface area contributed by atoms with Crippen molar-refractivity contribution in [3.63, 3.8) is 0 Å². The normalized spacial score (nSPS) is 35.8. The Morgan fingerprint density at radius 1 is 1.12 bits per heavy atom. The summed E-state index contributed by atoms with van der Waals surface area (Å²) in [4.78, 5) is 27.4. The van der Waals surface area contributed by atoms with E-state index in [1.54, 1.807) is 14.1 Å². The molecule has 0 aromatic heterocycles. The number of hydrogen-bond acceptors (Lipinski definition) is 4. The topological polar surface area (TPSA) is 66.8 Å². The first-order valence-corrected chi connectivity index (χ1v) is 9.50. The smallest absolute Gasteiger partial charge is 0.313 e. The number of nitrogens with zero attached hydrogens (tertiary/aromatic N) is 1. The molecule has 1 aromatic rings. The first kappa shape index (κ1) is 17.5. The third-order valence-electron chi connectivity index (χ3n) is 6.46. The maximum absolute atomic E-state index is 13.2. The standard InChI is InChI=1S/C21H27NO4/c1-22(2)18(23)17(16-6-4-3-5-7-16)26-19(24)20-9-14-8-15(10-20)12-21(25,11-14)13-20/h3-7,14-15,17,25H,8-13H2,1-2H3/t14-,15+,17-,20?,21?/m0/s1. The molecule has 0 radical (unpaired) electrons. The quantitative estimate of drug-likeness (QED) is 0.842. The molecule has 4 aliphatic carbocycles. The minimum Gasteiger partial charge on any atom is -0.447 e. The SMILES string of the molecule is CN(C)C(=O)[C@@H](OC(=O)C12C[C@@H]3C[C@@H](CC(O)(C3)C1)C2)c1ccccc1. The number of esters is 1. The summed E-state index contributed by atoms with van der Waals surface area (Å²) in [5.41, 5.74) is -0.669. The molecule has 0 spiro atoms. The lowest BCUT2D eigenvalue weighted by atomic mass is 9.48. The molecule has 4 bridgehead atoms. The van der Waals surface area contributed by atoms with E-state index in [0.29, 0.717) is 23.8 Å². The van der Waals surface area contributed by atoms with Gasteiger partial charge in [-0.2, -0.15) is 0 Å². The first-order chi connectivity index (χ1) is 12.3. The number of likely N-dealkylation sites (N-methyl/N-ethyl adjacent to an activating group) is 1. The van der Waals surface area contributed by atoms with Crippen LogP contribution in [0.2, 0.25) is 0 Å². The molecule has 0 saturated heterocycles. The zero-order valence-electron chi connectivity index (χ0n) is 15.5. The van der Waals surface area contributed by atoms with Crippen LogP contribution in [0.15, 0.2) is 30.3 Å². The lowest BCUT2D eigenvalue weighted by Gasteiger charge is -2.58. The van der Waals surface area contributed by atoms with Crippen molar-refractivity contribution < 1.29 is 19.4 Å². The lowest BCUT2D eigenvalue weighted by Crippen LogP contribution is -2.58. The van der Waals surface area contributed by atoms with Crippen molar-refractivity contribution in [3.05, 3.63) is 35.9 Å². The van der Waals surface area contributed by atoms with Gasteiger partial charge in [-0.25, -0.2) is 0 Å². The molecule has 5 atom stereocenters. The summed E-state index contributed by atoms with van der Waals surface area (Å²) in [6.07, 6.45) is 3.82. The molecule has 1 amide bonds. The van der Waals surface area contributed by atoms with Crippen molar-refractivity contribution in [3.8, 4) is 0 Å². The number of benzene rings is 1. The fourth-order valence-electron chi connectivity index (χ4n) is 5.81. The van der Waals surface area contributed by atoms with Gasteiger partial charge in [-0.15, -0.1) is 0 Å². The summed E-state index contributed by atoms with van der Waals surface area (Å²) in [5, 5.41) is 10.9. The first-order valence-electron chi connectivity index (χ1n) is 9.50. The Bertz CT molecular complexity index is 700. The van der Waals surface area contributed by atoms with E-state index in [-0.39, 0.29) is 11.9 Å². The molecule has 4 fully saturated rings. The molecule has 1 aromatic carbocycles. The van der Waals surface area contributed by atoms with Crippen LogP contribution in [0.5, 0.6) is 0 Å². The summed E-state index contributed by atoms with van der Waals surface area (Å²) in [5.74, 6) is 0.240. The Labute approximate surface area is 154 Å². The Hall–Kier alpha value is -1.88.